The lowest BCUT2D eigenvalue weighted by atomic mass is 9.98. The van der Waals surface area contributed by atoms with Crippen molar-refractivity contribution in [3.63, 3.8) is 0 Å². The monoisotopic (exact) mass is 221 g/mol. The molecule has 4 heteroatoms. The van der Waals surface area contributed by atoms with Gasteiger partial charge in [-0.2, -0.15) is 0 Å². The summed E-state index contributed by atoms with van der Waals surface area (Å²) in [7, 11) is 5.58. The average Bonchev–Trinajstić information content (AvgIpc) is 2.30. The van der Waals surface area contributed by atoms with E-state index in [1.54, 1.807) is 7.05 Å². The van der Waals surface area contributed by atoms with Crippen molar-refractivity contribution in [1.29, 1.82) is 0 Å². The van der Waals surface area contributed by atoms with Crippen LogP contribution in [0.3, 0.4) is 0 Å². The highest BCUT2D eigenvalue weighted by atomic mass is 16.1. The number of nitrogens with one attached hydrogen (secondary N) is 1. The summed E-state index contributed by atoms with van der Waals surface area (Å²) in [5, 5.41) is 2.62. The minimum absolute atomic E-state index is 0.0416. The number of carbonyl (C=O) groups is 1. The number of anilines is 1. The first-order chi connectivity index (χ1) is 7.60. The van der Waals surface area contributed by atoms with Crippen LogP contribution in [-0.4, -0.2) is 33.6 Å². The highest BCUT2D eigenvalue weighted by Gasteiger charge is 2.17. The van der Waals surface area contributed by atoms with Crippen molar-refractivity contribution in [1.82, 2.24) is 5.32 Å². The Kier molecular flexibility index (Phi) is 4.31. The third-order valence-corrected chi connectivity index (χ3v) is 2.61. The highest BCUT2D eigenvalue weighted by molar-refractivity contribution is 5.83. The summed E-state index contributed by atoms with van der Waals surface area (Å²) in [5.74, 6) is -0.304. The zero-order chi connectivity index (χ0) is 12.1. The van der Waals surface area contributed by atoms with Gasteiger partial charge < -0.3 is 16.0 Å². The van der Waals surface area contributed by atoms with Crippen LogP contribution in [0, 0.1) is 0 Å². The largest absolute Gasteiger partial charge is 0.378 e. The molecule has 1 aromatic carbocycles. The van der Waals surface area contributed by atoms with Crippen LogP contribution in [-0.2, 0) is 4.79 Å². The maximum absolute atomic E-state index is 11.6. The van der Waals surface area contributed by atoms with Crippen LogP contribution in [0.2, 0.25) is 0 Å². The van der Waals surface area contributed by atoms with Gasteiger partial charge in [-0.05, 0) is 17.7 Å². The van der Waals surface area contributed by atoms with E-state index in [-0.39, 0.29) is 11.8 Å². The van der Waals surface area contributed by atoms with E-state index < -0.39 is 0 Å². The number of hydrogen-bond acceptors (Lipinski definition) is 3. The van der Waals surface area contributed by atoms with Crippen molar-refractivity contribution in [2.24, 2.45) is 5.73 Å². The Morgan fingerprint density at radius 3 is 2.31 bits per heavy atom. The number of rotatable bonds is 4. The smallest absolute Gasteiger partial charge is 0.228 e. The Bertz CT molecular complexity index is 346. The Morgan fingerprint density at radius 2 is 1.94 bits per heavy atom. The van der Waals surface area contributed by atoms with Crippen molar-refractivity contribution < 1.29 is 4.79 Å². The Balaban J connectivity index is 2.90. The lowest BCUT2D eigenvalue weighted by Gasteiger charge is -2.16. The fourth-order valence-corrected chi connectivity index (χ4v) is 1.57. The normalized spacial score (nSPS) is 12.0. The summed E-state index contributed by atoms with van der Waals surface area (Å²) >= 11 is 0. The number of nitrogens with zero attached hydrogens (tertiary/aromatic N) is 1. The molecule has 1 unspecified atom stereocenters. The third kappa shape index (κ3) is 2.73. The molecule has 0 radical (unpaired) electrons. The number of amides is 1. The molecule has 0 aromatic heterocycles. The van der Waals surface area contributed by atoms with Crippen molar-refractivity contribution in [2.45, 2.75) is 5.92 Å². The zero-order valence-corrected chi connectivity index (χ0v) is 10.0. The van der Waals surface area contributed by atoms with Crippen LogP contribution in [0.5, 0.6) is 0 Å². The molecule has 0 fully saturated rings. The minimum Gasteiger partial charge on any atom is -0.378 e. The second kappa shape index (κ2) is 5.51. The molecule has 1 rings (SSSR count). The fourth-order valence-electron chi connectivity index (χ4n) is 1.57. The minimum atomic E-state index is -0.263. The topological polar surface area (TPSA) is 58.4 Å². The van der Waals surface area contributed by atoms with Gasteiger partial charge in [-0.15, -0.1) is 0 Å². The Morgan fingerprint density at radius 1 is 1.38 bits per heavy atom. The van der Waals surface area contributed by atoms with E-state index in [2.05, 4.69) is 5.32 Å². The summed E-state index contributed by atoms with van der Waals surface area (Å²) in [4.78, 5) is 13.6. The maximum atomic E-state index is 11.6. The number of nitrogens with two attached hydrogens (primary N) is 1. The molecule has 1 amide bonds. The molecule has 0 aliphatic rings. The van der Waals surface area contributed by atoms with Crippen LogP contribution >= 0.6 is 0 Å². The molecule has 88 valence electrons. The third-order valence-electron chi connectivity index (χ3n) is 2.61. The van der Waals surface area contributed by atoms with Gasteiger partial charge in [-0.3, -0.25) is 4.79 Å². The molecule has 3 N–H and O–H groups in total. The SMILES string of the molecule is CNC(=O)C(CN)c1ccc(N(C)C)cc1. The Hall–Kier alpha value is -1.55. The molecule has 0 saturated carbocycles. The van der Waals surface area contributed by atoms with E-state index >= 15 is 0 Å². The van der Waals surface area contributed by atoms with Gasteiger partial charge in [0.15, 0.2) is 0 Å². The quantitative estimate of drug-likeness (QED) is 0.780. The van der Waals surface area contributed by atoms with Gasteiger partial charge in [0, 0.05) is 33.4 Å². The second-order valence-electron chi connectivity index (χ2n) is 3.89. The molecule has 16 heavy (non-hydrogen) atoms. The van der Waals surface area contributed by atoms with Crippen LogP contribution in [0.4, 0.5) is 5.69 Å². The van der Waals surface area contributed by atoms with Crippen molar-refractivity contribution in [2.75, 3.05) is 32.6 Å². The first-order valence-electron chi connectivity index (χ1n) is 5.29. The standard InChI is InChI=1S/C12H19N3O/c1-14-12(16)11(8-13)9-4-6-10(7-5-9)15(2)3/h4-7,11H,8,13H2,1-3H3,(H,14,16). The highest BCUT2D eigenvalue weighted by Crippen LogP contribution is 2.19. The first-order valence-corrected chi connectivity index (χ1v) is 5.29. The van der Waals surface area contributed by atoms with Crippen molar-refractivity contribution in [3.8, 4) is 0 Å². The first kappa shape index (κ1) is 12.5. The molecule has 0 aliphatic carbocycles. The molecule has 0 saturated heterocycles. The zero-order valence-electron chi connectivity index (χ0n) is 10.0. The predicted molar refractivity (Wildman–Crippen MR) is 66.6 cm³/mol. The van der Waals surface area contributed by atoms with Gasteiger partial charge in [-0.25, -0.2) is 0 Å². The summed E-state index contributed by atoms with van der Waals surface area (Å²) in [6, 6.07) is 7.87. The van der Waals surface area contributed by atoms with E-state index in [1.165, 1.54) is 0 Å². The lowest BCUT2D eigenvalue weighted by molar-refractivity contribution is -0.121. The molecule has 0 heterocycles. The van der Waals surface area contributed by atoms with Crippen LogP contribution in [0.1, 0.15) is 11.5 Å². The van der Waals surface area contributed by atoms with Crippen LogP contribution < -0.4 is 16.0 Å². The van der Waals surface area contributed by atoms with Gasteiger partial charge in [-0.1, -0.05) is 12.1 Å². The van der Waals surface area contributed by atoms with Gasteiger partial charge in [0.25, 0.3) is 0 Å². The molecular formula is C12H19N3O. The number of benzene rings is 1. The van der Waals surface area contributed by atoms with E-state index in [1.807, 2.05) is 43.3 Å². The molecule has 0 aliphatic heterocycles. The lowest BCUT2D eigenvalue weighted by Crippen LogP contribution is -2.30. The second-order valence-corrected chi connectivity index (χ2v) is 3.89. The van der Waals surface area contributed by atoms with E-state index in [0.717, 1.165) is 11.3 Å². The number of hydrogen-bond donors (Lipinski definition) is 2. The molecule has 0 spiro atoms. The van der Waals surface area contributed by atoms with E-state index in [4.69, 9.17) is 5.73 Å². The summed E-state index contributed by atoms with van der Waals surface area (Å²) < 4.78 is 0. The number of carbonyl (C=O) groups excluding carboxylic acids is 1. The van der Waals surface area contributed by atoms with Crippen molar-refractivity contribution in [3.05, 3.63) is 29.8 Å². The van der Waals surface area contributed by atoms with E-state index in [9.17, 15) is 4.79 Å². The molecule has 1 atom stereocenters. The van der Waals surface area contributed by atoms with Crippen molar-refractivity contribution >= 4 is 11.6 Å². The van der Waals surface area contributed by atoms with Gasteiger partial charge in [0.2, 0.25) is 5.91 Å². The van der Waals surface area contributed by atoms with Gasteiger partial charge in [0.1, 0.15) is 0 Å². The molecule has 1 aromatic rings. The molecule has 0 bridgehead atoms. The molecule has 4 nitrogen and oxygen atoms in total. The number of likely N-dealkylation sites (N-methyl/N-ethyl adjacent to an activating group) is 1. The van der Waals surface area contributed by atoms with Crippen LogP contribution in [0.15, 0.2) is 24.3 Å². The van der Waals surface area contributed by atoms with Gasteiger partial charge in [0.05, 0.1) is 5.92 Å². The van der Waals surface area contributed by atoms with Crippen LogP contribution in [0.25, 0.3) is 0 Å². The molecular weight excluding hydrogens is 202 g/mol. The summed E-state index contributed by atoms with van der Waals surface area (Å²) in [6.45, 7) is 0.320. The predicted octanol–water partition coefficient (Wildman–Crippen LogP) is 0.541. The summed E-state index contributed by atoms with van der Waals surface area (Å²) in [6.07, 6.45) is 0. The fraction of sp³-hybridized carbons (Fsp3) is 0.417. The van der Waals surface area contributed by atoms with Gasteiger partial charge >= 0.3 is 0 Å². The maximum Gasteiger partial charge on any atom is 0.228 e. The van der Waals surface area contributed by atoms with E-state index in [0.29, 0.717) is 6.54 Å². The average molecular weight is 221 g/mol. The Labute approximate surface area is 96.4 Å². The summed E-state index contributed by atoms with van der Waals surface area (Å²) in [5.41, 5.74) is 7.67.